The summed E-state index contributed by atoms with van der Waals surface area (Å²) in [7, 11) is 0. The monoisotopic (exact) mass is 269 g/mol. The molecule has 1 nitrogen and oxygen atoms in total. The maximum atomic E-state index is 13.4. The second kappa shape index (κ2) is 5.76. The lowest BCUT2D eigenvalue weighted by Gasteiger charge is -2.14. The molecule has 0 radical (unpaired) electrons. The first kappa shape index (κ1) is 13.3. The number of halogens is 1. The van der Waals surface area contributed by atoms with Gasteiger partial charge in [0.25, 0.3) is 0 Å². The third kappa shape index (κ3) is 2.48. The van der Waals surface area contributed by atoms with Crippen molar-refractivity contribution in [3.8, 4) is 11.1 Å². The van der Waals surface area contributed by atoms with Crippen molar-refractivity contribution >= 4 is 0 Å². The summed E-state index contributed by atoms with van der Waals surface area (Å²) >= 11 is 0. The molecule has 0 bridgehead atoms. The van der Waals surface area contributed by atoms with Crippen molar-refractivity contribution in [1.29, 1.82) is 0 Å². The van der Waals surface area contributed by atoms with Crippen LogP contribution in [-0.2, 0) is 6.42 Å². The van der Waals surface area contributed by atoms with Crippen LogP contribution < -0.4 is 5.32 Å². The van der Waals surface area contributed by atoms with Gasteiger partial charge in [-0.1, -0.05) is 37.3 Å². The van der Waals surface area contributed by atoms with Crippen molar-refractivity contribution in [3.63, 3.8) is 0 Å². The molecule has 0 amide bonds. The molecule has 0 aliphatic heterocycles. The van der Waals surface area contributed by atoms with E-state index in [4.69, 9.17) is 0 Å². The molecular formula is C18H20FN. The Kier molecular flexibility index (Phi) is 3.83. The predicted molar refractivity (Wildman–Crippen MR) is 81.2 cm³/mol. The van der Waals surface area contributed by atoms with Crippen LogP contribution in [0.2, 0.25) is 0 Å². The summed E-state index contributed by atoms with van der Waals surface area (Å²) in [5.41, 5.74) is 4.94. The minimum atomic E-state index is -0.168. The number of hydrogen-bond donors (Lipinski definition) is 1. The molecule has 1 aliphatic rings. The average Bonchev–Trinajstić information content (AvgIpc) is 2.88. The first-order valence-electron chi connectivity index (χ1n) is 7.40. The van der Waals surface area contributed by atoms with Crippen LogP contribution in [0.3, 0.4) is 0 Å². The number of rotatable bonds is 4. The first-order valence-corrected chi connectivity index (χ1v) is 7.40. The van der Waals surface area contributed by atoms with Gasteiger partial charge < -0.3 is 5.32 Å². The second-order valence-corrected chi connectivity index (χ2v) is 5.43. The molecule has 1 atom stereocenters. The van der Waals surface area contributed by atoms with Crippen molar-refractivity contribution in [2.45, 2.75) is 32.2 Å². The van der Waals surface area contributed by atoms with E-state index in [0.29, 0.717) is 6.04 Å². The van der Waals surface area contributed by atoms with Crippen LogP contribution in [0.1, 0.15) is 36.9 Å². The van der Waals surface area contributed by atoms with Crippen LogP contribution in [0.5, 0.6) is 0 Å². The number of benzene rings is 2. The summed E-state index contributed by atoms with van der Waals surface area (Å²) in [5.74, 6) is -0.168. The Bertz CT molecular complexity index is 606. The van der Waals surface area contributed by atoms with E-state index in [9.17, 15) is 4.39 Å². The molecule has 0 spiro atoms. The average molecular weight is 269 g/mol. The number of nitrogens with one attached hydrogen (secondary N) is 1. The smallest absolute Gasteiger partial charge is 0.123 e. The Labute approximate surface area is 119 Å². The molecule has 104 valence electrons. The van der Waals surface area contributed by atoms with Crippen LogP contribution in [0.4, 0.5) is 4.39 Å². The van der Waals surface area contributed by atoms with Crippen LogP contribution in [0.25, 0.3) is 11.1 Å². The number of hydrogen-bond acceptors (Lipinski definition) is 1. The van der Waals surface area contributed by atoms with Crippen molar-refractivity contribution < 1.29 is 4.39 Å². The number of fused-ring (bicyclic) bond motifs is 1. The lowest BCUT2D eigenvalue weighted by Crippen LogP contribution is -2.19. The maximum absolute atomic E-state index is 13.4. The van der Waals surface area contributed by atoms with E-state index in [1.807, 2.05) is 6.07 Å². The summed E-state index contributed by atoms with van der Waals surface area (Å²) in [6.45, 7) is 3.24. The maximum Gasteiger partial charge on any atom is 0.123 e. The normalized spacial score (nSPS) is 17.2. The van der Waals surface area contributed by atoms with E-state index >= 15 is 0 Å². The summed E-state index contributed by atoms with van der Waals surface area (Å²) < 4.78 is 13.4. The quantitative estimate of drug-likeness (QED) is 0.863. The van der Waals surface area contributed by atoms with Crippen LogP contribution >= 0.6 is 0 Å². The molecule has 20 heavy (non-hydrogen) atoms. The standard InChI is InChI=1S/C18H20FN/c1-2-11-20-18-10-9-16-15(7-4-8-17(16)18)13-5-3-6-14(19)12-13/h3-8,12,18,20H,2,9-11H2,1H3. The minimum Gasteiger partial charge on any atom is -0.310 e. The minimum absolute atomic E-state index is 0.168. The fourth-order valence-corrected chi connectivity index (χ4v) is 3.11. The fraction of sp³-hybridized carbons (Fsp3) is 0.333. The van der Waals surface area contributed by atoms with E-state index < -0.39 is 0 Å². The molecule has 2 heteroatoms. The van der Waals surface area contributed by atoms with E-state index in [1.165, 1.54) is 22.8 Å². The van der Waals surface area contributed by atoms with E-state index in [0.717, 1.165) is 31.4 Å². The van der Waals surface area contributed by atoms with Gasteiger partial charge in [0.15, 0.2) is 0 Å². The van der Waals surface area contributed by atoms with Crippen molar-refractivity contribution in [2.24, 2.45) is 0 Å². The zero-order chi connectivity index (χ0) is 13.9. The topological polar surface area (TPSA) is 12.0 Å². The van der Waals surface area contributed by atoms with Gasteiger partial charge >= 0.3 is 0 Å². The molecule has 3 rings (SSSR count). The van der Waals surface area contributed by atoms with Gasteiger partial charge in [-0.2, -0.15) is 0 Å². The molecule has 0 aromatic heterocycles. The van der Waals surface area contributed by atoms with E-state index in [-0.39, 0.29) is 5.82 Å². The summed E-state index contributed by atoms with van der Waals surface area (Å²) in [6.07, 6.45) is 3.36. The highest BCUT2D eigenvalue weighted by atomic mass is 19.1. The molecule has 0 fully saturated rings. The van der Waals surface area contributed by atoms with Gasteiger partial charge in [-0.15, -0.1) is 0 Å². The lowest BCUT2D eigenvalue weighted by molar-refractivity contribution is 0.529. The third-order valence-corrected chi connectivity index (χ3v) is 4.05. The Morgan fingerprint density at radius 2 is 2.05 bits per heavy atom. The predicted octanol–water partition coefficient (Wildman–Crippen LogP) is 4.48. The largest absolute Gasteiger partial charge is 0.310 e. The highest BCUT2D eigenvalue weighted by Gasteiger charge is 2.24. The van der Waals surface area contributed by atoms with Gasteiger partial charge in [-0.25, -0.2) is 4.39 Å². The summed E-state index contributed by atoms with van der Waals surface area (Å²) in [4.78, 5) is 0. The SMILES string of the molecule is CCCNC1CCc2c(-c3cccc(F)c3)cccc21. The second-order valence-electron chi connectivity index (χ2n) is 5.43. The van der Waals surface area contributed by atoms with Crippen LogP contribution in [0, 0.1) is 5.82 Å². The molecule has 1 unspecified atom stereocenters. The molecule has 2 aromatic rings. The van der Waals surface area contributed by atoms with Crippen LogP contribution in [0.15, 0.2) is 42.5 Å². The zero-order valence-electron chi connectivity index (χ0n) is 11.8. The molecular weight excluding hydrogens is 249 g/mol. The Hall–Kier alpha value is -1.67. The summed E-state index contributed by atoms with van der Waals surface area (Å²) in [5, 5.41) is 3.60. The van der Waals surface area contributed by atoms with Gasteiger partial charge in [0, 0.05) is 6.04 Å². The zero-order valence-corrected chi connectivity index (χ0v) is 11.8. The van der Waals surface area contributed by atoms with Crippen LogP contribution in [-0.4, -0.2) is 6.54 Å². The molecule has 1 N–H and O–H groups in total. The Morgan fingerprint density at radius 1 is 1.20 bits per heavy atom. The van der Waals surface area contributed by atoms with Gasteiger partial charge in [-0.3, -0.25) is 0 Å². The molecule has 0 heterocycles. The Balaban J connectivity index is 1.97. The third-order valence-electron chi connectivity index (χ3n) is 4.05. The molecule has 2 aromatic carbocycles. The fourth-order valence-electron chi connectivity index (χ4n) is 3.11. The van der Waals surface area contributed by atoms with E-state index in [1.54, 1.807) is 12.1 Å². The van der Waals surface area contributed by atoms with Crippen molar-refractivity contribution in [1.82, 2.24) is 5.32 Å². The summed E-state index contributed by atoms with van der Waals surface area (Å²) in [6, 6.07) is 13.8. The van der Waals surface area contributed by atoms with Crippen molar-refractivity contribution in [3.05, 3.63) is 59.4 Å². The highest BCUT2D eigenvalue weighted by Crippen LogP contribution is 2.37. The van der Waals surface area contributed by atoms with Crippen molar-refractivity contribution in [2.75, 3.05) is 6.54 Å². The van der Waals surface area contributed by atoms with Gasteiger partial charge in [0.1, 0.15) is 5.82 Å². The molecule has 0 saturated carbocycles. The van der Waals surface area contributed by atoms with Gasteiger partial charge in [0.2, 0.25) is 0 Å². The molecule has 1 aliphatic carbocycles. The molecule has 0 saturated heterocycles. The van der Waals surface area contributed by atoms with E-state index in [2.05, 4.69) is 30.4 Å². The Morgan fingerprint density at radius 3 is 2.85 bits per heavy atom. The lowest BCUT2D eigenvalue weighted by atomic mass is 9.96. The van der Waals surface area contributed by atoms with Gasteiger partial charge in [0.05, 0.1) is 0 Å². The van der Waals surface area contributed by atoms with Gasteiger partial charge in [-0.05, 0) is 60.2 Å². The highest BCUT2D eigenvalue weighted by molar-refractivity contribution is 5.70. The first-order chi connectivity index (χ1) is 9.79.